The molecule has 30 heavy (non-hydrogen) atoms. The number of carbonyl (C=O) groups is 1. The summed E-state index contributed by atoms with van der Waals surface area (Å²) >= 11 is 11.8. The van der Waals surface area contributed by atoms with Gasteiger partial charge in [-0.05, 0) is 36.2 Å². The van der Waals surface area contributed by atoms with E-state index >= 15 is 0 Å². The first kappa shape index (κ1) is 21.8. The first-order chi connectivity index (χ1) is 14.3. The zero-order valence-electron chi connectivity index (χ0n) is 15.6. The standard InChI is InChI=1S/C19H16Cl2N4O4S/c1-2-12-7-9-13(10-8-12)29-17-11-16(21)22-18(23-17)24-19(26)25-30(27,28)15-6-4-3-5-14(15)20/h3-11H,2H2,1H3,(H2,22,23,24,25,26). The van der Waals surface area contributed by atoms with Crippen molar-refractivity contribution in [2.24, 2.45) is 0 Å². The van der Waals surface area contributed by atoms with E-state index in [1.807, 2.05) is 23.8 Å². The number of carbonyl (C=O) groups excluding carboxylic acids is 1. The van der Waals surface area contributed by atoms with Gasteiger partial charge in [-0.1, -0.05) is 54.4 Å². The average molecular weight is 467 g/mol. The van der Waals surface area contributed by atoms with Gasteiger partial charge in [0, 0.05) is 6.07 Å². The van der Waals surface area contributed by atoms with Crippen LogP contribution in [0.4, 0.5) is 10.7 Å². The number of sulfonamides is 1. The normalized spacial score (nSPS) is 11.0. The van der Waals surface area contributed by atoms with Gasteiger partial charge in [-0.3, -0.25) is 5.32 Å². The topological polar surface area (TPSA) is 110 Å². The second-order valence-electron chi connectivity index (χ2n) is 5.94. The molecule has 0 fully saturated rings. The number of ether oxygens (including phenoxy) is 1. The van der Waals surface area contributed by atoms with Crippen LogP contribution in [0.25, 0.3) is 0 Å². The molecule has 0 aliphatic heterocycles. The lowest BCUT2D eigenvalue weighted by Crippen LogP contribution is -2.35. The van der Waals surface area contributed by atoms with Crippen LogP contribution in [0.1, 0.15) is 12.5 Å². The SMILES string of the molecule is CCc1ccc(Oc2cc(Cl)nc(NC(=O)NS(=O)(=O)c3ccccc3Cl)n2)cc1. The van der Waals surface area contributed by atoms with Gasteiger partial charge in [-0.2, -0.15) is 4.98 Å². The maximum atomic E-state index is 12.3. The Balaban J connectivity index is 1.73. The zero-order chi connectivity index (χ0) is 21.7. The summed E-state index contributed by atoms with van der Waals surface area (Å²) in [7, 11) is -4.20. The van der Waals surface area contributed by atoms with Gasteiger partial charge in [0.25, 0.3) is 10.0 Å². The molecule has 11 heteroatoms. The third-order valence-corrected chi connectivity index (χ3v) is 5.83. The van der Waals surface area contributed by atoms with Gasteiger partial charge in [-0.25, -0.2) is 22.9 Å². The van der Waals surface area contributed by atoms with Crippen LogP contribution in [0.15, 0.2) is 59.5 Å². The van der Waals surface area contributed by atoms with E-state index in [0.29, 0.717) is 5.75 Å². The maximum Gasteiger partial charge on any atom is 0.335 e. The highest BCUT2D eigenvalue weighted by molar-refractivity contribution is 7.90. The Labute approximate surface area is 183 Å². The molecule has 156 valence electrons. The Bertz CT molecular complexity index is 1170. The van der Waals surface area contributed by atoms with E-state index in [9.17, 15) is 13.2 Å². The highest BCUT2D eigenvalue weighted by Gasteiger charge is 2.21. The minimum Gasteiger partial charge on any atom is -0.439 e. The van der Waals surface area contributed by atoms with Crippen molar-refractivity contribution in [3.05, 3.63) is 70.3 Å². The molecule has 2 amide bonds. The summed E-state index contributed by atoms with van der Waals surface area (Å²) in [4.78, 5) is 19.8. The second kappa shape index (κ2) is 9.29. The summed E-state index contributed by atoms with van der Waals surface area (Å²) in [5, 5.41) is 2.18. The fourth-order valence-electron chi connectivity index (χ4n) is 2.39. The monoisotopic (exact) mass is 466 g/mol. The number of hydrogen-bond acceptors (Lipinski definition) is 6. The van der Waals surface area contributed by atoms with E-state index in [1.165, 1.54) is 24.3 Å². The molecule has 1 heterocycles. The molecule has 0 saturated carbocycles. The number of aromatic nitrogens is 2. The quantitative estimate of drug-likeness (QED) is 0.511. The lowest BCUT2D eigenvalue weighted by molar-refractivity contribution is 0.256. The van der Waals surface area contributed by atoms with Crippen molar-refractivity contribution < 1.29 is 17.9 Å². The number of benzene rings is 2. The van der Waals surface area contributed by atoms with Crippen LogP contribution in [-0.2, 0) is 16.4 Å². The molecule has 0 aliphatic rings. The highest BCUT2D eigenvalue weighted by atomic mass is 35.5. The molecular formula is C19H16Cl2N4O4S. The third-order valence-electron chi connectivity index (χ3n) is 3.80. The zero-order valence-corrected chi connectivity index (χ0v) is 17.9. The van der Waals surface area contributed by atoms with Crippen molar-refractivity contribution in [1.82, 2.24) is 14.7 Å². The molecular weight excluding hydrogens is 451 g/mol. The molecule has 0 radical (unpaired) electrons. The van der Waals surface area contributed by atoms with Gasteiger partial charge in [0.15, 0.2) is 0 Å². The van der Waals surface area contributed by atoms with E-state index in [2.05, 4.69) is 15.3 Å². The molecule has 2 aromatic carbocycles. The summed E-state index contributed by atoms with van der Waals surface area (Å²) in [6, 6.07) is 13.3. The molecule has 1 aromatic heterocycles. The lowest BCUT2D eigenvalue weighted by atomic mass is 10.2. The summed E-state index contributed by atoms with van der Waals surface area (Å²) in [5.41, 5.74) is 1.14. The Morgan fingerprint density at radius 3 is 2.43 bits per heavy atom. The van der Waals surface area contributed by atoms with Crippen LogP contribution in [-0.4, -0.2) is 24.4 Å². The fourth-order valence-corrected chi connectivity index (χ4v) is 3.99. The van der Waals surface area contributed by atoms with E-state index in [4.69, 9.17) is 27.9 Å². The summed E-state index contributed by atoms with van der Waals surface area (Å²) in [5.74, 6) is 0.344. The minimum atomic E-state index is -4.20. The molecule has 3 rings (SSSR count). The molecule has 2 N–H and O–H groups in total. The van der Waals surface area contributed by atoms with Crippen LogP contribution < -0.4 is 14.8 Å². The Morgan fingerprint density at radius 2 is 1.77 bits per heavy atom. The van der Waals surface area contributed by atoms with Crippen LogP contribution in [0, 0.1) is 0 Å². The minimum absolute atomic E-state index is 0.00515. The van der Waals surface area contributed by atoms with Crippen LogP contribution in [0.5, 0.6) is 11.6 Å². The predicted molar refractivity (Wildman–Crippen MR) is 114 cm³/mol. The van der Waals surface area contributed by atoms with Crippen molar-refractivity contribution >= 4 is 45.2 Å². The largest absolute Gasteiger partial charge is 0.439 e. The lowest BCUT2D eigenvalue weighted by Gasteiger charge is -2.10. The third kappa shape index (κ3) is 5.59. The van der Waals surface area contributed by atoms with Crippen molar-refractivity contribution in [3.8, 4) is 11.6 Å². The van der Waals surface area contributed by atoms with E-state index in [-0.39, 0.29) is 26.9 Å². The number of amides is 2. The van der Waals surface area contributed by atoms with Crippen LogP contribution >= 0.6 is 23.2 Å². The Hall–Kier alpha value is -2.88. The number of anilines is 1. The van der Waals surface area contributed by atoms with Crippen LogP contribution in [0.2, 0.25) is 10.2 Å². The average Bonchev–Trinajstić information content (AvgIpc) is 2.67. The smallest absolute Gasteiger partial charge is 0.335 e. The molecule has 0 saturated heterocycles. The summed E-state index contributed by atoms with van der Waals surface area (Å²) < 4.78 is 32.1. The van der Waals surface area contributed by atoms with Crippen molar-refractivity contribution in [2.75, 3.05) is 5.32 Å². The molecule has 0 aliphatic carbocycles. The fraction of sp³-hybridized carbons (Fsp3) is 0.105. The number of halogens is 2. The molecule has 0 atom stereocenters. The molecule has 0 bridgehead atoms. The number of aryl methyl sites for hydroxylation is 1. The number of nitrogens with one attached hydrogen (secondary N) is 2. The van der Waals surface area contributed by atoms with Crippen molar-refractivity contribution in [1.29, 1.82) is 0 Å². The molecule has 0 spiro atoms. The van der Waals surface area contributed by atoms with Gasteiger partial charge < -0.3 is 4.74 Å². The maximum absolute atomic E-state index is 12.3. The van der Waals surface area contributed by atoms with Gasteiger partial charge in [0.1, 0.15) is 15.8 Å². The number of urea groups is 1. The summed E-state index contributed by atoms with van der Waals surface area (Å²) in [6.07, 6.45) is 0.889. The Kier molecular flexibility index (Phi) is 6.76. The van der Waals surface area contributed by atoms with E-state index < -0.39 is 16.1 Å². The number of rotatable bonds is 6. The van der Waals surface area contributed by atoms with Crippen molar-refractivity contribution in [2.45, 2.75) is 18.2 Å². The van der Waals surface area contributed by atoms with Gasteiger partial charge >= 0.3 is 6.03 Å². The number of hydrogen-bond donors (Lipinski definition) is 2. The highest BCUT2D eigenvalue weighted by Crippen LogP contribution is 2.24. The second-order valence-corrected chi connectivity index (χ2v) is 8.39. The summed E-state index contributed by atoms with van der Waals surface area (Å²) in [6.45, 7) is 2.04. The van der Waals surface area contributed by atoms with Gasteiger partial charge in [0.05, 0.1) is 5.02 Å². The number of nitrogens with zero attached hydrogens (tertiary/aromatic N) is 2. The van der Waals surface area contributed by atoms with Crippen LogP contribution in [0.3, 0.4) is 0 Å². The first-order valence-corrected chi connectivity index (χ1v) is 10.9. The predicted octanol–water partition coefficient (Wildman–Crippen LogP) is 4.65. The van der Waals surface area contributed by atoms with E-state index in [0.717, 1.165) is 12.0 Å². The van der Waals surface area contributed by atoms with E-state index in [1.54, 1.807) is 18.2 Å². The van der Waals surface area contributed by atoms with Crippen molar-refractivity contribution in [3.63, 3.8) is 0 Å². The van der Waals surface area contributed by atoms with Gasteiger partial charge in [-0.15, -0.1) is 0 Å². The Morgan fingerprint density at radius 1 is 1.07 bits per heavy atom. The molecule has 8 nitrogen and oxygen atoms in total. The first-order valence-electron chi connectivity index (χ1n) is 8.66. The van der Waals surface area contributed by atoms with Gasteiger partial charge in [0.2, 0.25) is 11.8 Å². The molecule has 0 unspecified atom stereocenters. The molecule has 3 aromatic rings.